The van der Waals surface area contributed by atoms with Gasteiger partial charge in [0.1, 0.15) is 5.82 Å². The number of morpholine rings is 1. The average molecular weight is 472 g/mol. The van der Waals surface area contributed by atoms with Gasteiger partial charge in [0.05, 0.1) is 26.3 Å². The Labute approximate surface area is 198 Å². The van der Waals surface area contributed by atoms with Crippen LogP contribution in [-0.4, -0.2) is 75.6 Å². The van der Waals surface area contributed by atoms with Gasteiger partial charge < -0.3 is 25.6 Å². The van der Waals surface area contributed by atoms with Crippen molar-refractivity contribution in [2.45, 2.75) is 6.42 Å². The van der Waals surface area contributed by atoms with Crippen molar-refractivity contribution in [1.29, 1.82) is 0 Å². The Bertz CT molecular complexity index is 978. The molecule has 1 aliphatic rings. The molecule has 1 fully saturated rings. The molecule has 0 atom stereocenters. The first-order valence-electron chi connectivity index (χ1n) is 11.1. The van der Waals surface area contributed by atoms with Crippen molar-refractivity contribution in [2.24, 2.45) is 5.73 Å². The zero-order valence-corrected chi connectivity index (χ0v) is 19.2. The Kier molecular flexibility index (Phi) is 8.94. The fourth-order valence-electron chi connectivity index (χ4n) is 3.64. The van der Waals surface area contributed by atoms with Crippen LogP contribution < -0.4 is 20.9 Å². The molecule has 0 spiro atoms. The third-order valence-corrected chi connectivity index (χ3v) is 5.37. The van der Waals surface area contributed by atoms with Gasteiger partial charge in [-0.15, -0.1) is 0 Å². The van der Waals surface area contributed by atoms with Crippen LogP contribution >= 0.6 is 0 Å². The molecule has 9 nitrogen and oxygen atoms in total. The van der Waals surface area contributed by atoms with Gasteiger partial charge in [-0.2, -0.15) is 0 Å². The smallest absolute Gasteiger partial charge is 0.241 e. The quantitative estimate of drug-likeness (QED) is 0.543. The number of benzene rings is 2. The number of nitrogens with zero attached hydrogens (tertiary/aromatic N) is 3. The van der Waals surface area contributed by atoms with Crippen molar-refractivity contribution in [3.05, 3.63) is 54.3 Å². The van der Waals surface area contributed by atoms with Gasteiger partial charge in [-0.25, -0.2) is 4.39 Å². The molecule has 2 aromatic rings. The number of nitrogens with two attached hydrogens (primary N) is 1. The van der Waals surface area contributed by atoms with Crippen molar-refractivity contribution in [3.8, 4) is 0 Å². The summed E-state index contributed by atoms with van der Waals surface area (Å²) in [5.74, 6) is -1.58. The number of rotatable bonds is 10. The summed E-state index contributed by atoms with van der Waals surface area (Å²) in [6.07, 6.45) is -0.0340. The van der Waals surface area contributed by atoms with E-state index >= 15 is 0 Å². The predicted octanol–water partition coefficient (Wildman–Crippen LogP) is 1.44. The second-order valence-corrected chi connectivity index (χ2v) is 8.10. The maximum Gasteiger partial charge on any atom is 0.241 e. The van der Waals surface area contributed by atoms with E-state index in [9.17, 15) is 18.8 Å². The largest absolute Gasteiger partial charge is 0.378 e. The van der Waals surface area contributed by atoms with Crippen molar-refractivity contribution < 1.29 is 23.5 Å². The molecule has 1 heterocycles. The van der Waals surface area contributed by atoms with Crippen molar-refractivity contribution >= 4 is 34.8 Å². The van der Waals surface area contributed by atoms with E-state index in [2.05, 4.69) is 10.2 Å². The molecule has 1 aliphatic heterocycles. The average Bonchev–Trinajstić information content (AvgIpc) is 2.81. The highest BCUT2D eigenvalue weighted by Gasteiger charge is 2.20. The fourth-order valence-corrected chi connectivity index (χ4v) is 3.64. The first-order valence-corrected chi connectivity index (χ1v) is 11.1. The Morgan fingerprint density at radius 1 is 1.03 bits per heavy atom. The van der Waals surface area contributed by atoms with Gasteiger partial charge in [-0.05, 0) is 55.6 Å². The number of carbonyl (C=O) groups is 3. The zero-order chi connectivity index (χ0) is 24.5. The third-order valence-electron chi connectivity index (χ3n) is 5.37. The van der Waals surface area contributed by atoms with Crippen LogP contribution in [0.25, 0.3) is 0 Å². The van der Waals surface area contributed by atoms with Gasteiger partial charge in [0, 0.05) is 43.1 Å². The monoisotopic (exact) mass is 471 g/mol. The number of hydrogen-bond donors (Lipinski definition) is 2. The van der Waals surface area contributed by atoms with E-state index in [1.54, 1.807) is 11.9 Å². The van der Waals surface area contributed by atoms with Crippen molar-refractivity contribution in [3.63, 3.8) is 0 Å². The maximum atomic E-state index is 13.3. The number of nitrogens with one attached hydrogen (secondary N) is 1. The number of likely N-dealkylation sites (N-methyl/N-ethyl adjacent to an activating group) is 1. The summed E-state index contributed by atoms with van der Waals surface area (Å²) in [7, 11) is 1.65. The molecule has 1 saturated heterocycles. The van der Waals surface area contributed by atoms with Crippen LogP contribution in [0.3, 0.4) is 0 Å². The van der Waals surface area contributed by atoms with Gasteiger partial charge in [0.25, 0.3) is 0 Å². The van der Waals surface area contributed by atoms with Crippen LogP contribution in [0.4, 0.5) is 21.5 Å². The predicted molar refractivity (Wildman–Crippen MR) is 128 cm³/mol. The van der Waals surface area contributed by atoms with Gasteiger partial charge in [-0.3, -0.25) is 19.3 Å². The molecule has 0 saturated carbocycles. The Morgan fingerprint density at radius 2 is 1.68 bits per heavy atom. The standard InChI is InChI=1S/C24H30FN5O4/c1-28(17-24(33)30(11-10-22(26)31)21-6-2-18(25)3-7-21)16-23(32)27-19-4-8-20(9-5-19)29-12-14-34-15-13-29/h2-9H,10-17H2,1H3,(H2,26,31)(H,27,32). The highest BCUT2D eigenvalue weighted by atomic mass is 19.1. The molecule has 3 N–H and O–H groups in total. The van der Waals surface area contributed by atoms with Gasteiger partial charge >= 0.3 is 0 Å². The van der Waals surface area contributed by atoms with E-state index in [0.717, 1.165) is 18.8 Å². The van der Waals surface area contributed by atoms with E-state index < -0.39 is 11.7 Å². The molecule has 182 valence electrons. The minimum Gasteiger partial charge on any atom is -0.378 e. The van der Waals surface area contributed by atoms with E-state index in [4.69, 9.17) is 10.5 Å². The molecule has 10 heteroatoms. The molecule has 3 rings (SSSR count). The van der Waals surface area contributed by atoms with E-state index in [-0.39, 0.29) is 37.9 Å². The van der Waals surface area contributed by atoms with Crippen molar-refractivity contribution in [1.82, 2.24) is 4.90 Å². The summed E-state index contributed by atoms with van der Waals surface area (Å²) in [5.41, 5.74) is 7.41. The molecule has 3 amide bonds. The summed E-state index contributed by atoms with van der Waals surface area (Å²) in [6.45, 7) is 3.05. The Balaban J connectivity index is 1.53. The summed E-state index contributed by atoms with van der Waals surface area (Å²) in [5, 5.41) is 2.83. The lowest BCUT2D eigenvalue weighted by Gasteiger charge is -2.29. The SMILES string of the molecule is CN(CC(=O)Nc1ccc(N2CCOCC2)cc1)CC(=O)N(CCC(N)=O)c1ccc(F)cc1. The number of anilines is 3. The number of hydrogen-bond acceptors (Lipinski definition) is 6. The Hall–Kier alpha value is -3.50. The first kappa shape index (κ1) is 25.1. The van der Waals surface area contributed by atoms with E-state index in [1.807, 2.05) is 24.3 Å². The van der Waals surface area contributed by atoms with Crippen molar-refractivity contribution in [2.75, 3.05) is 68.1 Å². The molecule has 0 aromatic heterocycles. The lowest BCUT2D eigenvalue weighted by molar-refractivity contribution is -0.121. The molecule has 0 aliphatic carbocycles. The number of ether oxygens (including phenoxy) is 1. The molecule has 2 aromatic carbocycles. The minimum atomic E-state index is -0.549. The molecule has 0 unspecified atom stereocenters. The van der Waals surface area contributed by atoms with E-state index in [0.29, 0.717) is 24.6 Å². The highest BCUT2D eigenvalue weighted by molar-refractivity contribution is 5.96. The van der Waals surface area contributed by atoms with Crippen LogP contribution in [0.2, 0.25) is 0 Å². The van der Waals surface area contributed by atoms with Crippen LogP contribution in [0, 0.1) is 5.82 Å². The Morgan fingerprint density at radius 3 is 2.29 bits per heavy atom. The molecule has 34 heavy (non-hydrogen) atoms. The summed E-state index contributed by atoms with van der Waals surface area (Å²) < 4.78 is 18.6. The lowest BCUT2D eigenvalue weighted by atomic mass is 10.2. The first-order chi connectivity index (χ1) is 16.3. The molecular formula is C24H30FN5O4. The normalized spacial score (nSPS) is 13.6. The summed E-state index contributed by atoms with van der Waals surface area (Å²) in [6, 6.07) is 13.0. The summed E-state index contributed by atoms with van der Waals surface area (Å²) >= 11 is 0. The number of primary amides is 1. The second kappa shape index (κ2) is 12.1. The van der Waals surface area contributed by atoms with Crippen LogP contribution in [0.5, 0.6) is 0 Å². The van der Waals surface area contributed by atoms with E-state index in [1.165, 1.54) is 29.2 Å². The van der Waals surface area contributed by atoms with Crippen LogP contribution in [-0.2, 0) is 19.1 Å². The number of amides is 3. The minimum absolute atomic E-state index is 0.00989. The summed E-state index contributed by atoms with van der Waals surface area (Å²) in [4.78, 5) is 41.7. The van der Waals surface area contributed by atoms with Gasteiger partial charge in [-0.1, -0.05) is 0 Å². The number of halogens is 1. The fraction of sp³-hybridized carbons (Fsp3) is 0.375. The van der Waals surface area contributed by atoms with Crippen LogP contribution in [0.1, 0.15) is 6.42 Å². The topological polar surface area (TPSA) is 108 Å². The third kappa shape index (κ3) is 7.53. The molecule has 0 bridgehead atoms. The van der Waals surface area contributed by atoms with Crippen LogP contribution in [0.15, 0.2) is 48.5 Å². The highest BCUT2D eigenvalue weighted by Crippen LogP contribution is 2.19. The molecular weight excluding hydrogens is 441 g/mol. The molecule has 0 radical (unpaired) electrons. The zero-order valence-electron chi connectivity index (χ0n) is 19.2. The van der Waals surface area contributed by atoms with Gasteiger partial charge in [0.15, 0.2) is 0 Å². The second-order valence-electron chi connectivity index (χ2n) is 8.10. The van der Waals surface area contributed by atoms with Gasteiger partial charge in [0.2, 0.25) is 17.7 Å². The number of carbonyl (C=O) groups excluding carboxylic acids is 3. The lowest BCUT2D eigenvalue weighted by Crippen LogP contribution is -2.42. The maximum absolute atomic E-state index is 13.3.